The Labute approximate surface area is 171 Å². The molecule has 5 heteroatoms. The molecule has 3 aromatic rings. The zero-order chi connectivity index (χ0) is 20.8. The van der Waals surface area contributed by atoms with Gasteiger partial charge in [-0.1, -0.05) is 42.0 Å². The molecular weight excluding hydrogens is 362 g/mol. The molecule has 0 atom stereocenters. The standard InChI is InChI=1S/C24H25N3O2/c1-4-27(21-10-6-8-18(3)14-21)24(29)22-15-20(11-12-25-22)23(28)26-16-19-9-5-7-17(2)13-19/h5-15H,4,16H2,1-3H3,(H,26,28). The van der Waals surface area contributed by atoms with Crippen molar-refractivity contribution in [2.45, 2.75) is 27.3 Å². The van der Waals surface area contributed by atoms with E-state index in [0.29, 0.717) is 18.7 Å². The number of carbonyl (C=O) groups is 2. The minimum absolute atomic E-state index is 0.230. The summed E-state index contributed by atoms with van der Waals surface area (Å²) in [5.74, 6) is -0.465. The van der Waals surface area contributed by atoms with Crippen LogP contribution in [0.3, 0.4) is 0 Å². The molecule has 1 heterocycles. The van der Waals surface area contributed by atoms with Gasteiger partial charge >= 0.3 is 0 Å². The summed E-state index contributed by atoms with van der Waals surface area (Å²) < 4.78 is 0. The van der Waals surface area contributed by atoms with Crippen LogP contribution in [0.25, 0.3) is 0 Å². The first-order valence-corrected chi connectivity index (χ1v) is 9.66. The van der Waals surface area contributed by atoms with E-state index < -0.39 is 0 Å². The topological polar surface area (TPSA) is 62.3 Å². The second-order valence-electron chi connectivity index (χ2n) is 6.99. The number of anilines is 1. The van der Waals surface area contributed by atoms with Crippen LogP contribution in [0, 0.1) is 13.8 Å². The van der Waals surface area contributed by atoms with Gasteiger partial charge < -0.3 is 10.2 Å². The Morgan fingerprint density at radius 2 is 1.69 bits per heavy atom. The number of rotatable bonds is 6. The van der Waals surface area contributed by atoms with Crippen molar-refractivity contribution in [2.75, 3.05) is 11.4 Å². The molecule has 2 aromatic carbocycles. The average molecular weight is 387 g/mol. The number of aromatic nitrogens is 1. The highest BCUT2D eigenvalue weighted by Crippen LogP contribution is 2.18. The predicted octanol–water partition coefficient (Wildman–Crippen LogP) is 4.30. The van der Waals surface area contributed by atoms with E-state index >= 15 is 0 Å². The van der Waals surface area contributed by atoms with Crippen LogP contribution in [0.1, 0.15) is 44.5 Å². The van der Waals surface area contributed by atoms with Gasteiger partial charge in [-0.2, -0.15) is 0 Å². The molecule has 0 bridgehead atoms. The first-order valence-electron chi connectivity index (χ1n) is 9.66. The lowest BCUT2D eigenvalue weighted by molar-refractivity contribution is 0.0950. The van der Waals surface area contributed by atoms with Crippen molar-refractivity contribution in [2.24, 2.45) is 0 Å². The molecule has 1 N–H and O–H groups in total. The van der Waals surface area contributed by atoms with Crippen molar-refractivity contribution in [3.8, 4) is 0 Å². The summed E-state index contributed by atoms with van der Waals surface area (Å²) in [6, 6.07) is 18.9. The number of pyridine rings is 1. The number of nitrogens with zero attached hydrogens (tertiary/aromatic N) is 2. The van der Waals surface area contributed by atoms with Crippen molar-refractivity contribution in [3.05, 3.63) is 94.8 Å². The van der Waals surface area contributed by atoms with Crippen molar-refractivity contribution in [1.82, 2.24) is 10.3 Å². The third-order valence-corrected chi connectivity index (χ3v) is 4.65. The van der Waals surface area contributed by atoms with Gasteiger partial charge in [0.05, 0.1) is 0 Å². The number of hydrogen-bond acceptors (Lipinski definition) is 3. The smallest absolute Gasteiger partial charge is 0.276 e. The average Bonchev–Trinajstić information content (AvgIpc) is 2.73. The summed E-state index contributed by atoms with van der Waals surface area (Å²) in [4.78, 5) is 31.4. The monoisotopic (exact) mass is 387 g/mol. The number of aryl methyl sites for hydroxylation is 2. The fourth-order valence-corrected chi connectivity index (χ4v) is 3.17. The fraction of sp³-hybridized carbons (Fsp3) is 0.208. The molecule has 0 unspecified atom stereocenters. The zero-order valence-electron chi connectivity index (χ0n) is 17.0. The van der Waals surface area contributed by atoms with Crippen LogP contribution < -0.4 is 10.2 Å². The summed E-state index contributed by atoms with van der Waals surface area (Å²) in [6.45, 7) is 6.85. The molecule has 0 fully saturated rings. The van der Waals surface area contributed by atoms with E-state index in [1.807, 2.05) is 69.3 Å². The molecule has 148 valence electrons. The minimum atomic E-state index is -0.235. The second-order valence-corrected chi connectivity index (χ2v) is 6.99. The van der Waals surface area contributed by atoms with E-state index in [4.69, 9.17) is 0 Å². The lowest BCUT2D eigenvalue weighted by Gasteiger charge is -2.21. The van der Waals surface area contributed by atoms with Crippen molar-refractivity contribution >= 4 is 17.5 Å². The van der Waals surface area contributed by atoms with Crippen molar-refractivity contribution in [3.63, 3.8) is 0 Å². The van der Waals surface area contributed by atoms with Gasteiger partial charge in [-0.25, -0.2) is 0 Å². The highest BCUT2D eigenvalue weighted by Gasteiger charge is 2.19. The Hall–Kier alpha value is -3.47. The van der Waals surface area contributed by atoms with E-state index in [2.05, 4.69) is 10.3 Å². The minimum Gasteiger partial charge on any atom is -0.348 e. The summed E-state index contributed by atoms with van der Waals surface area (Å²) in [7, 11) is 0. The summed E-state index contributed by atoms with van der Waals surface area (Å²) in [6.07, 6.45) is 1.50. The third kappa shape index (κ3) is 5.08. The lowest BCUT2D eigenvalue weighted by atomic mass is 10.1. The summed E-state index contributed by atoms with van der Waals surface area (Å²) in [5, 5.41) is 2.90. The predicted molar refractivity (Wildman–Crippen MR) is 115 cm³/mol. The second kappa shape index (κ2) is 9.15. The molecule has 29 heavy (non-hydrogen) atoms. The molecule has 1 aromatic heterocycles. The largest absolute Gasteiger partial charge is 0.348 e. The highest BCUT2D eigenvalue weighted by molar-refractivity contribution is 6.06. The Morgan fingerprint density at radius 3 is 2.38 bits per heavy atom. The van der Waals surface area contributed by atoms with Crippen molar-refractivity contribution in [1.29, 1.82) is 0 Å². The Morgan fingerprint density at radius 1 is 0.966 bits per heavy atom. The molecule has 0 aliphatic heterocycles. The Kier molecular flexibility index (Phi) is 6.39. The van der Waals surface area contributed by atoms with E-state index in [0.717, 1.165) is 22.4 Å². The molecule has 0 radical (unpaired) electrons. The quantitative estimate of drug-likeness (QED) is 0.686. The highest BCUT2D eigenvalue weighted by atomic mass is 16.2. The van der Waals surface area contributed by atoms with E-state index in [-0.39, 0.29) is 17.5 Å². The van der Waals surface area contributed by atoms with Gasteiger partial charge in [0, 0.05) is 30.5 Å². The van der Waals surface area contributed by atoms with E-state index in [9.17, 15) is 9.59 Å². The Bertz CT molecular complexity index is 1030. The number of amides is 2. The van der Waals surface area contributed by atoms with Gasteiger partial charge in [-0.3, -0.25) is 14.6 Å². The number of hydrogen-bond donors (Lipinski definition) is 1. The number of carbonyl (C=O) groups excluding carboxylic acids is 2. The van der Waals surface area contributed by atoms with Crippen LogP contribution in [0.15, 0.2) is 66.9 Å². The first kappa shape index (κ1) is 20.3. The Balaban J connectivity index is 1.75. The zero-order valence-corrected chi connectivity index (χ0v) is 17.0. The third-order valence-electron chi connectivity index (χ3n) is 4.65. The van der Waals surface area contributed by atoms with Gasteiger partial charge in [-0.05, 0) is 56.2 Å². The molecule has 0 saturated carbocycles. The van der Waals surface area contributed by atoms with Gasteiger partial charge in [0.25, 0.3) is 11.8 Å². The molecule has 5 nitrogen and oxygen atoms in total. The lowest BCUT2D eigenvalue weighted by Crippen LogP contribution is -2.32. The molecule has 0 saturated heterocycles. The molecule has 2 amide bonds. The molecule has 0 aliphatic rings. The van der Waals surface area contributed by atoms with Gasteiger partial charge in [0.1, 0.15) is 5.69 Å². The summed E-state index contributed by atoms with van der Waals surface area (Å²) in [5.41, 5.74) is 4.72. The molecule has 0 aliphatic carbocycles. The van der Waals surface area contributed by atoms with Crippen molar-refractivity contribution < 1.29 is 9.59 Å². The molecule has 3 rings (SSSR count). The fourth-order valence-electron chi connectivity index (χ4n) is 3.17. The van der Waals surface area contributed by atoms with Crippen LogP contribution in [-0.4, -0.2) is 23.3 Å². The first-order chi connectivity index (χ1) is 14.0. The van der Waals surface area contributed by atoms with E-state index in [1.54, 1.807) is 17.0 Å². The SMILES string of the molecule is CCN(C(=O)c1cc(C(=O)NCc2cccc(C)c2)ccn1)c1cccc(C)c1. The molecule has 0 spiro atoms. The molecular formula is C24H25N3O2. The van der Waals surface area contributed by atoms with Crippen LogP contribution in [0.4, 0.5) is 5.69 Å². The normalized spacial score (nSPS) is 10.4. The van der Waals surface area contributed by atoms with E-state index in [1.165, 1.54) is 6.20 Å². The number of nitrogens with one attached hydrogen (secondary N) is 1. The van der Waals surface area contributed by atoms with Gasteiger partial charge in [0.2, 0.25) is 0 Å². The number of benzene rings is 2. The maximum absolute atomic E-state index is 13.0. The maximum Gasteiger partial charge on any atom is 0.276 e. The van der Waals surface area contributed by atoms with Crippen LogP contribution >= 0.6 is 0 Å². The van der Waals surface area contributed by atoms with Crippen LogP contribution in [0.5, 0.6) is 0 Å². The van der Waals surface area contributed by atoms with Gasteiger partial charge in [-0.15, -0.1) is 0 Å². The maximum atomic E-state index is 13.0. The van der Waals surface area contributed by atoms with Crippen LogP contribution in [0.2, 0.25) is 0 Å². The summed E-state index contributed by atoms with van der Waals surface area (Å²) >= 11 is 0. The van der Waals surface area contributed by atoms with Gasteiger partial charge in [0.15, 0.2) is 0 Å². The van der Waals surface area contributed by atoms with Crippen LogP contribution in [-0.2, 0) is 6.54 Å².